The molecule has 8 nitrogen and oxygen atoms in total. The Balaban J connectivity index is 1.90. The van der Waals surface area contributed by atoms with Gasteiger partial charge in [0.15, 0.2) is 24.2 Å². The van der Waals surface area contributed by atoms with Gasteiger partial charge in [-0.25, -0.2) is 10.2 Å². The summed E-state index contributed by atoms with van der Waals surface area (Å²) in [6, 6.07) is 14.1. The molecular formula is C21H24N2O6. The third kappa shape index (κ3) is 7.17. The fourth-order valence-corrected chi connectivity index (χ4v) is 2.24. The van der Waals surface area contributed by atoms with Crippen LogP contribution in [0.4, 0.5) is 0 Å². The van der Waals surface area contributed by atoms with Crippen LogP contribution in [-0.4, -0.2) is 44.5 Å². The van der Waals surface area contributed by atoms with Gasteiger partial charge in [-0.05, 0) is 49.7 Å². The van der Waals surface area contributed by atoms with Crippen LogP contribution in [0, 0.1) is 0 Å². The predicted octanol–water partition coefficient (Wildman–Crippen LogP) is 2.55. The molecule has 0 aliphatic heterocycles. The minimum atomic E-state index is -0.706. The molecule has 2 aromatic carbocycles. The van der Waals surface area contributed by atoms with Gasteiger partial charge in [-0.1, -0.05) is 18.2 Å². The molecule has 0 aliphatic rings. The Bertz CT molecular complexity index is 838. The number of hydrogen-bond donors (Lipinski definition) is 1. The molecule has 0 saturated heterocycles. The number of para-hydroxylation sites is 1. The first kappa shape index (κ1) is 21.7. The minimum absolute atomic E-state index is 0.215. The van der Waals surface area contributed by atoms with Crippen molar-refractivity contribution >= 4 is 18.1 Å². The number of carbonyl (C=O) groups excluding carboxylic acids is 2. The summed E-state index contributed by atoms with van der Waals surface area (Å²) in [4.78, 5) is 23.5. The van der Waals surface area contributed by atoms with E-state index in [9.17, 15) is 9.59 Å². The maximum atomic E-state index is 12.1. The molecule has 0 heterocycles. The zero-order valence-corrected chi connectivity index (χ0v) is 16.6. The quantitative estimate of drug-likeness (QED) is 0.374. The molecule has 29 heavy (non-hydrogen) atoms. The molecule has 0 aliphatic carbocycles. The van der Waals surface area contributed by atoms with Crippen molar-refractivity contribution in [3.8, 4) is 17.2 Å². The first-order chi connectivity index (χ1) is 14.0. The van der Waals surface area contributed by atoms with E-state index in [-0.39, 0.29) is 19.1 Å². The number of nitrogens with zero attached hydrogens (tertiary/aromatic N) is 1. The summed E-state index contributed by atoms with van der Waals surface area (Å²) in [7, 11) is 1.48. The lowest BCUT2D eigenvalue weighted by molar-refractivity contribution is -0.145. The molecule has 1 unspecified atom stereocenters. The zero-order valence-electron chi connectivity index (χ0n) is 16.6. The zero-order chi connectivity index (χ0) is 21.1. The van der Waals surface area contributed by atoms with Crippen molar-refractivity contribution in [1.29, 1.82) is 0 Å². The summed E-state index contributed by atoms with van der Waals surface area (Å²) in [5.41, 5.74) is 3.10. The van der Waals surface area contributed by atoms with Crippen molar-refractivity contribution in [1.82, 2.24) is 5.43 Å². The van der Waals surface area contributed by atoms with Crippen LogP contribution in [0.2, 0.25) is 0 Å². The molecule has 2 rings (SSSR count). The second-order valence-electron chi connectivity index (χ2n) is 5.81. The Labute approximate surface area is 169 Å². The standard InChI is InChI=1S/C21H24N2O6/c1-4-27-20(24)14-28-18-11-10-16(12-19(18)26-3)13-22-23-21(25)15(2)29-17-8-6-5-7-9-17/h5-13,15H,4,14H2,1-3H3,(H,23,25)/b22-13-. The van der Waals surface area contributed by atoms with E-state index in [2.05, 4.69) is 10.5 Å². The number of rotatable bonds is 10. The van der Waals surface area contributed by atoms with E-state index in [1.807, 2.05) is 18.2 Å². The first-order valence-electron chi connectivity index (χ1n) is 9.04. The van der Waals surface area contributed by atoms with E-state index >= 15 is 0 Å². The first-order valence-corrected chi connectivity index (χ1v) is 9.04. The topological polar surface area (TPSA) is 95.5 Å². The number of carbonyl (C=O) groups is 2. The fourth-order valence-electron chi connectivity index (χ4n) is 2.24. The number of methoxy groups -OCH3 is 1. The number of ether oxygens (including phenoxy) is 4. The third-order valence-corrected chi connectivity index (χ3v) is 3.65. The van der Waals surface area contributed by atoms with Gasteiger partial charge >= 0.3 is 5.97 Å². The summed E-state index contributed by atoms with van der Waals surface area (Å²) >= 11 is 0. The van der Waals surface area contributed by atoms with Gasteiger partial charge in [0.25, 0.3) is 5.91 Å². The predicted molar refractivity (Wildman–Crippen MR) is 107 cm³/mol. The molecule has 0 aromatic heterocycles. The minimum Gasteiger partial charge on any atom is -0.493 e. The van der Waals surface area contributed by atoms with E-state index < -0.39 is 12.1 Å². The summed E-state index contributed by atoms with van der Waals surface area (Å²) in [5, 5.41) is 3.93. The number of hydrazone groups is 1. The Morgan fingerprint density at radius 1 is 1.14 bits per heavy atom. The Hall–Kier alpha value is -3.55. The van der Waals surface area contributed by atoms with Crippen molar-refractivity contribution in [3.05, 3.63) is 54.1 Å². The van der Waals surface area contributed by atoms with Crippen molar-refractivity contribution in [3.63, 3.8) is 0 Å². The van der Waals surface area contributed by atoms with Crippen molar-refractivity contribution in [2.24, 2.45) is 5.10 Å². The van der Waals surface area contributed by atoms with Crippen molar-refractivity contribution in [2.45, 2.75) is 20.0 Å². The van der Waals surface area contributed by atoms with E-state index in [4.69, 9.17) is 18.9 Å². The highest BCUT2D eigenvalue weighted by atomic mass is 16.6. The van der Waals surface area contributed by atoms with Crippen LogP contribution in [0.3, 0.4) is 0 Å². The van der Waals surface area contributed by atoms with Gasteiger partial charge in [0.2, 0.25) is 0 Å². The fraction of sp³-hybridized carbons (Fsp3) is 0.286. The van der Waals surface area contributed by atoms with E-state index in [0.717, 1.165) is 0 Å². The second-order valence-corrected chi connectivity index (χ2v) is 5.81. The average Bonchev–Trinajstić information content (AvgIpc) is 2.73. The van der Waals surface area contributed by atoms with E-state index in [1.165, 1.54) is 13.3 Å². The van der Waals surface area contributed by atoms with Crippen molar-refractivity contribution in [2.75, 3.05) is 20.3 Å². The SMILES string of the molecule is CCOC(=O)COc1ccc(/C=N\NC(=O)C(C)Oc2ccccc2)cc1OC. The lowest BCUT2D eigenvalue weighted by atomic mass is 10.2. The van der Waals surface area contributed by atoms with Crippen LogP contribution < -0.4 is 19.6 Å². The second kappa shape index (κ2) is 11.3. The summed E-state index contributed by atoms with van der Waals surface area (Å²) in [6.07, 6.45) is 0.757. The lowest BCUT2D eigenvalue weighted by Crippen LogP contribution is -2.33. The molecule has 2 aromatic rings. The summed E-state index contributed by atoms with van der Waals surface area (Å²) in [6.45, 7) is 3.43. The highest BCUT2D eigenvalue weighted by molar-refractivity contribution is 5.85. The molecular weight excluding hydrogens is 376 g/mol. The molecule has 1 N–H and O–H groups in total. The Morgan fingerprint density at radius 2 is 1.90 bits per heavy atom. The maximum Gasteiger partial charge on any atom is 0.344 e. The lowest BCUT2D eigenvalue weighted by Gasteiger charge is -2.12. The highest BCUT2D eigenvalue weighted by Gasteiger charge is 2.13. The molecule has 0 spiro atoms. The Kier molecular flexibility index (Phi) is 8.50. The van der Waals surface area contributed by atoms with Crippen molar-refractivity contribution < 1.29 is 28.5 Å². The van der Waals surface area contributed by atoms with Gasteiger partial charge in [0.05, 0.1) is 19.9 Å². The van der Waals surface area contributed by atoms with Gasteiger partial charge in [-0.3, -0.25) is 4.79 Å². The molecule has 154 valence electrons. The van der Waals surface area contributed by atoms with Crippen LogP contribution in [0.5, 0.6) is 17.2 Å². The number of nitrogens with one attached hydrogen (secondary N) is 1. The van der Waals surface area contributed by atoms with Crippen LogP contribution >= 0.6 is 0 Å². The van der Waals surface area contributed by atoms with Gasteiger partial charge in [0.1, 0.15) is 5.75 Å². The summed E-state index contributed by atoms with van der Waals surface area (Å²) in [5.74, 6) is 0.570. The number of esters is 1. The van der Waals surface area contributed by atoms with Crippen LogP contribution in [0.15, 0.2) is 53.6 Å². The smallest absolute Gasteiger partial charge is 0.344 e. The number of amides is 1. The molecule has 8 heteroatoms. The van der Waals surface area contributed by atoms with E-state index in [0.29, 0.717) is 22.8 Å². The third-order valence-electron chi connectivity index (χ3n) is 3.65. The molecule has 1 amide bonds. The highest BCUT2D eigenvalue weighted by Crippen LogP contribution is 2.27. The molecule has 0 fully saturated rings. The largest absolute Gasteiger partial charge is 0.493 e. The summed E-state index contributed by atoms with van der Waals surface area (Å²) < 4.78 is 21.0. The molecule has 0 radical (unpaired) electrons. The van der Waals surface area contributed by atoms with Gasteiger partial charge in [-0.15, -0.1) is 0 Å². The van der Waals surface area contributed by atoms with Gasteiger partial charge in [0, 0.05) is 0 Å². The van der Waals surface area contributed by atoms with Gasteiger partial charge in [-0.2, -0.15) is 5.10 Å². The number of hydrogen-bond acceptors (Lipinski definition) is 7. The van der Waals surface area contributed by atoms with Crippen LogP contribution in [-0.2, 0) is 14.3 Å². The number of benzene rings is 2. The monoisotopic (exact) mass is 400 g/mol. The van der Waals surface area contributed by atoms with E-state index in [1.54, 1.807) is 44.2 Å². The van der Waals surface area contributed by atoms with Crippen LogP contribution in [0.1, 0.15) is 19.4 Å². The maximum absolute atomic E-state index is 12.1. The molecule has 1 atom stereocenters. The molecule has 0 saturated carbocycles. The molecule has 0 bridgehead atoms. The van der Waals surface area contributed by atoms with Crippen LogP contribution in [0.25, 0.3) is 0 Å². The van der Waals surface area contributed by atoms with Gasteiger partial charge < -0.3 is 18.9 Å². The average molecular weight is 400 g/mol. The Morgan fingerprint density at radius 3 is 2.59 bits per heavy atom. The normalized spacial score (nSPS) is 11.6.